The number of nitrogens with zero attached hydrogens (tertiary/aromatic N) is 3. The Morgan fingerprint density at radius 3 is 3.00 bits per heavy atom. The molecule has 96 valence electrons. The summed E-state index contributed by atoms with van der Waals surface area (Å²) >= 11 is 0. The highest BCUT2D eigenvalue weighted by molar-refractivity contribution is 5.49. The van der Waals surface area contributed by atoms with Crippen LogP contribution < -0.4 is 5.32 Å². The molecule has 1 N–H and O–H groups in total. The van der Waals surface area contributed by atoms with E-state index in [-0.39, 0.29) is 0 Å². The van der Waals surface area contributed by atoms with Crippen LogP contribution in [0.1, 0.15) is 36.6 Å². The van der Waals surface area contributed by atoms with Crippen LogP contribution in [0.2, 0.25) is 0 Å². The van der Waals surface area contributed by atoms with Crippen molar-refractivity contribution in [1.29, 1.82) is 5.26 Å². The number of nitriles is 1. The minimum absolute atomic E-state index is 0.336. The van der Waals surface area contributed by atoms with E-state index in [1.807, 2.05) is 35.0 Å². The summed E-state index contributed by atoms with van der Waals surface area (Å²) in [5, 5.41) is 12.7. The van der Waals surface area contributed by atoms with Crippen LogP contribution in [0.15, 0.2) is 36.8 Å². The lowest BCUT2D eigenvalue weighted by Gasteiger charge is -2.24. The second-order valence-corrected chi connectivity index (χ2v) is 4.82. The Kier molecular flexibility index (Phi) is 3.30. The van der Waals surface area contributed by atoms with E-state index in [2.05, 4.69) is 16.4 Å². The second kappa shape index (κ2) is 5.25. The number of hydrogen-bond acceptors (Lipinski definition) is 3. The van der Waals surface area contributed by atoms with E-state index in [0.29, 0.717) is 11.6 Å². The molecule has 0 spiro atoms. The first-order valence-corrected chi connectivity index (χ1v) is 6.65. The highest BCUT2D eigenvalue weighted by atomic mass is 15.1. The van der Waals surface area contributed by atoms with Gasteiger partial charge in [0.15, 0.2) is 0 Å². The number of nitrogens with one attached hydrogen (secondary N) is 1. The Morgan fingerprint density at radius 2 is 2.21 bits per heavy atom. The summed E-state index contributed by atoms with van der Waals surface area (Å²) in [6.45, 7) is 1.05. The van der Waals surface area contributed by atoms with Gasteiger partial charge in [0.2, 0.25) is 0 Å². The summed E-state index contributed by atoms with van der Waals surface area (Å²) in [5.74, 6) is 0. The van der Waals surface area contributed by atoms with Crippen molar-refractivity contribution in [2.45, 2.75) is 25.3 Å². The molecule has 3 rings (SSSR count). The van der Waals surface area contributed by atoms with E-state index in [4.69, 9.17) is 0 Å². The molecule has 1 atom stereocenters. The molecular weight excluding hydrogens is 236 g/mol. The van der Waals surface area contributed by atoms with Crippen molar-refractivity contribution >= 4 is 0 Å². The van der Waals surface area contributed by atoms with Gasteiger partial charge < -0.3 is 9.88 Å². The molecular formula is C15H16N4. The Morgan fingerprint density at radius 1 is 1.32 bits per heavy atom. The SMILES string of the molecule is N#Cc1ccccc1-n1cncc1C1CCCCN1. The normalized spacial score (nSPS) is 19.0. The summed E-state index contributed by atoms with van der Waals surface area (Å²) in [6.07, 6.45) is 7.29. The fourth-order valence-electron chi connectivity index (χ4n) is 2.65. The predicted octanol–water partition coefficient (Wildman–Crippen LogP) is 2.56. The van der Waals surface area contributed by atoms with Crippen LogP contribution in [-0.2, 0) is 0 Å². The number of rotatable bonds is 2. The van der Waals surface area contributed by atoms with Crippen LogP contribution in [0.25, 0.3) is 5.69 Å². The average molecular weight is 252 g/mol. The first-order valence-electron chi connectivity index (χ1n) is 6.65. The maximum Gasteiger partial charge on any atom is 0.101 e. The molecule has 0 radical (unpaired) electrons. The molecule has 0 saturated carbocycles. The van der Waals surface area contributed by atoms with Crippen molar-refractivity contribution in [2.75, 3.05) is 6.54 Å². The van der Waals surface area contributed by atoms with Crippen molar-refractivity contribution in [3.63, 3.8) is 0 Å². The lowest BCUT2D eigenvalue weighted by Crippen LogP contribution is -2.28. The first-order chi connectivity index (χ1) is 9.40. The van der Waals surface area contributed by atoms with Gasteiger partial charge in [-0.1, -0.05) is 18.6 Å². The zero-order valence-corrected chi connectivity index (χ0v) is 10.7. The van der Waals surface area contributed by atoms with Gasteiger partial charge in [-0.3, -0.25) is 0 Å². The van der Waals surface area contributed by atoms with Gasteiger partial charge >= 0.3 is 0 Å². The molecule has 2 heterocycles. The minimum atomic E-state index is 0.336. The van der Waals surface area contributed by atoms with Crippen LogP contribution in [0.4, 0.5) is 0 Å². The van der Waals surface area contributed by atoms with Gasteiger partial charge in [0, 0.05) is 6.04 Å². The van der Waals surface area contributed by atoms with Gasteiger partial charge in [-0.2, -0.15) is 5.26 Å². The topological polar surface area (TPSA) is 53.6 Å². The van der Waals surface area contributed by atoms with E-state index in [9.17, 15) is 5.26 Å². The molecule has 2 aromatic rings. The Balaban J connectivity index is 2.02. The fourth-order valence-corrected chi connectivity index (χ4v) is 2.65. The summed E-state index contributed by atoms with van der Waals surface area (Å²) in [4.78, 5) is 4.26. The van der Waals surface area contributed by atoms with Crippen molar-refractivity contribution in [3.05, 3.63) is 48.0 Å². The van der Waals surface area contributed by atoms with E-state index in [0.717, 1.165) is 24.3 Å². The standard InChI is InChI=1S/C15H16N4/c16-9-12-5-1-2-7-14(12)19-11-17-10-15(19)13-6-3-4-8-18-13/h1-2,5,7,10-11,13,18H,3-4,6,8H2. The molecule has 0 bridgehead atoms. The molecule has 1 aromatic heterocycles. The van der Waals surface area contributed by atoms with Crippen molar-refractivity contribution < 1.29 is 0 Å². The third kappa shape index (κ3) is 2.25. The summed E-state index contributed by atoms with van der Waals surface area (Å²) < 4.78 is 2.03. The van der Waals surface area contributed by atoms with Crippen LogP contribution >= 0.6 is 0 Å². The van der Waals surface area contributed by atoms with Crippen molar-refractivity contribution in [2.24, 2.45) is 0 Å². The Bertz CT molecular complexity index is 603. The third-order valence-electron chi connectivity index (χ3n) is 3.62. The average Bonchev–Trinajstić information content (AvgIpc) is 2.97. The molecule has 1 saturated heterocycles. The number of aromatic nitrogens is 2. The van der Waals surface area contributed by atoms with Crippen molar-refractivity contribution in [1.82, 2.24) is 14.9 Å². The molecule has 4 nitrogen and oxygen atoms in total. The summed E-state index contributed by atoms with van der Waals surface area (Å²) in [5.41, 5.74) is 2.73. The smallest absolute Gasteiger partial charge is 0.101 e. The molecule has 1 aliphatic heterocycles. The highest BCUT2D eigenvalue weighted by Gasteiger charge is 2.19. The highest BCUT2D eigenvalue weighted by Crippen LogP contribution is 2.25. The van der Waals surface area contributed by atoms with Gasteiger partial charge in [0.25, 0.3) is 0 Å². The predicted molar refractivity (Wildman–Crippen MR) is 72.9 cm³/mol. The number of para-hydroxylation sites is 1. The Labute approximate surface area is 112 Å². The minimum Gasteiger partial charge on any atom is -0.309 e. The third-order valence-corrected chi connectivity index (χ3v) is 3.62. The van der Waals surface area contributed by atoms with Crippen LogP contribution in [-0.4, -0.2) is 16.1 Å². The van der Waals surface area contributed by atoms with E-state index < -0.39 is 0 Å². The van der Waals surface area contributed by atoms with Crippen LogP contribution in [0, 0.1) is 11.3 Å². The number of hydrogen-bond donors (Lipinski definition) is 1. The summed E-state index contributed by atoms with van der Waals surface area (Å²) in [6, 6.07) is 10.2. The van der Waals surface area contributed by atoms with Gasteiger partial charge in [-0.25, -0.2) is 4.98 Å². The first kappa shape index (κ1) is 11.9. The number of benzene rings is 1. The number of imidazole rings is 1. The molecule has 1 aromatic carbocycles. The zero-order chi connectivity index (χ0) is 13.1. The fraction of sp³-hybridized carbons (Fsp3) is 0.333. The Hall–Kier alpha value is -2.12. The van der Waals surface area contributed by atoms with E-state index >= 15 is 0 Å². The maximum atomic E-state index is 9.22. The molecule has 0 amide bonds. The molecule has 19 heavy (non-hydrogen) atoms. The zero-order valence-electron chi connectivity index (χ0n) is 10.7. The maximum absolute atomic E-state index is 9.22. The molecule has 1 aliphatic rings. The lowest BCUT2D eigenvalue weighted by atomic mass is 10.0. The van der Waals surface area contributed by atoms with Gasteiger partial charge in [-0.15, -0.1) is 0 Å². The molecule has 1 fully saturated rings. The van der Waals surface area contributed by atoms with Gasteiger partial charge in [-0.05, 0) is 31.5 Å². The van der Waals surface area contributed by atoms with E-state index in [1.165, 1.54) is 12.8 Å². The monoisotopic (exact) mass is 252 g/mol. The van der Waals surface area contributed by atoms with Gasteiger partial charge in [0.1, 0.15) is 6.07 Å². The van der Waals surface area contributed by atoms with E-state index in [1.54, 1.807) is 6.33 Å². The second-order valence-electron chi connectivity index (χ2n) is 4.82. The van der Waals surface area contributed by atoms with Crippen LogP contribution in [0.3, 0.4) is 0 Å². The largest absolute Gasteiger partial charge is 0.309 e. The molecule has 4 heteroatoms. The van der Waals surface area contributed by atoms with Crippen molar-refractivity contribution in [3.8, 4) is 11.8 Å². The molecule has 1 unspecified atom stereocenters. The summed E-state index contributed by atoms with van der Waals surface area (Å²) in [7, 11) is 0. The number of piperidine rings is 1. The van der Waals surface area contributed by atoms with Gasteiger partial charge in [0.05, 0.1) is 29.5 Å². The molecule has 0 aliphatic carbocycles. The van der Waals surface area contributed by atoms with Crippen LogP contribution in [0.5, 0.6) is 0 Å². The lowest BCUT2D eigenvalue weighted by molar-refractivity contribution is 0.402. The quantitative estimate of drug-likeness (QED) is 0.893.